The van der Waals surface area contributed by atoms with Gasteiger partial charge in [-0.1, -0.05) is 122 Å². The number of nitrogens with one attached hydrogen (secondary N) is 1. The highest BCUT2D eigenvalue weighted by Crippen LogP contribution is 2.13. The largest absolute Gasteiger partial charge is 1.00 e. The summed E-state index contributed by atoms with van der Waals surface area (Å²) in [7, 11) is 0. The van der Waals surface area contributed by atoms with Gasteiger partial charge in [-0.2, -0.15) is 0 Å². The van der Waals surface area contributed by atoms with Gasteiger partial charge < -0.3 is 31.8 Å². The van der Waals surface area contributed by atoms with Crippen molar-refractivity contribution in [1.82, 2.24) is 5.32 Å². The van der Waals surface area contributed by atoms with Gasteiger partial charge in [-0.3, -0.25) is 4.79 Å². The van der Waals surface area contributed by atoms with E-state index in [0.29, 0.717) is 18.5 Å². The number of nitrogens with zero attached hydrogens (tertiary/aromatic N) is 1. The molecule has 42 heavy (non-hydrogen) atoms. The molecule has 1 rings (SSSR count). The lowest BCUT2D eigenvalue weighted by atomic mass is 10.0. The highest BCUT2D eigenvalue weighted by atomic mass is 79.9. The average Bonchev–Trinajstić information content (AvgIpc) is 2.98. The Labute approximate surface area is 268 Å². The lowest BCUT2D eigenvalue weighted by molar-refractivity contribution is -0.697. The van der Waals surface area contributed by atoms with Crippen LogP contribution in [0.4, 0.5) is 4.79 Å². The normalized spacial score (nSPS) is 10.6. The van der Waals surface area contributed by atoms with E-state index in [1.54, 1.807) is 0 Å². The van der Waals surface area contributed by atoms with E-state index in [-0.39, 0.29) is 36.2 Å². The first-order chi connectivity index (χ1) is 20.1. The van der Waals surface area contributed by atoms with Gasteiger partial charge in [0, 0.05) is 31.5 Å². The van der Waals surface area contributed by atoms with Crippen molar-refractivity contribution in [1.29, 1.82) is 0 Å². The summed E-state index contributed by atoms with van der Waals surface area (Å²) in [6.07, 6.45) is 29.4. The Balaban J connectivity index is 0.0000168. The molecule has 0 spiro atoms. The zero-order valence-corrected chi connectivity index (χ0v) is 28.3. The molecule has 0 radical (unpaired) electrons. The van der Waals surface area contributed by atoms with Gasteiger partial charge in [-0.25, -0.2) is 9.36 Å². The molecule has 1 N–H and O–H groups in total. The van der Waals surface area contributed by atoms with Crippen LogP contribution in [0.1, 0.15) is 142 Å². The zero-order valence-electron chi connectivity index (χ0n) is 26.7. The fraction of sp³-hybridized carbons (Fsp3) is 0.743. The molecular formula is C35H61BrN2O4. The molecule has 0 aliphatic carbocycles. The maximum atomic E-state index is 11.9. The van der Waals surface area contributed by atoms with Crippen molar-refractivity contribution < 1.29 is 40.6 Å². The van der Waals surface area contributed by atoms with Crippen LogP contribution in [0.5, 0.6) is 0 Å². The number of aromatic nitrogens is 1. The van der Waals surface area contributed by atoms with E-state index in [9.17, 15) is 9.59 Å². The SMILES string of the molecule is C=C(COC(=O)CCCCCC[n+]1ccccc1)COC(=O)NCCCCCCCCCCCCCCCCCC.[Br-]. The molecular weight excluding hydrogens is 592 g/mol. The second-order valence-corrected chi connectivity index (χ2v) is 11.5. The van der Waals surface area contributed by atoms with Crippen LogP contribution >= 0.6 is 0 Å². The number of carbonyl (C=O) groups is 2. The summed E-state index contributed by atoms with van der Waals surface area (Å²) in [6.45, 7) is 7.91. The predicted molar refractivity (Wildman–Crippen MR) is 169 cm³/mol. The number of hydrogen-bond donors (Lipinski definition) is 1. The molecule has 0 aromatic carbocycles. The van der Waals surface area contributed by atoms with Gasteiger partial charge in [0.05, 0.1) is 0 Å². The molecule has 0 bridgehead atoms. The van der Waals surface area contributed by atoms with Crippen LogP contribution in [-0.2, 0) is 20.8 Å². The molecule has 1 aromatic heterocycles. The van der Waals surface area contributed by atoms with Crippen molar-refractivity contribution in [3.63, 3.8) is 0 Å². The fourth-order valence-corrected chi connectivity index (χ4v) is 4.88. The Morgan fingerprint density at radius 1 is 0.643 bits per heavy atom. The van der Waals surface area contributed by atoms with Crippen LogP contribution in [-0.4, -0.2) is 31.8 Å². The molecule has 0 unspecified atom stereocenters. The summed E-state index contributed by atoms with van der Waals surface area (Å²) in [6, 6.07) is 6.08. The van der Waals surface area contributed by atoms with Crippen LogP contribution in [0.2, 0.25) is 0 Å². The minimum Gasteiger partial charge on any atom is -1.00 e. The molecule has 0 saturated carbocycles. The Morgan fingerprint density at radius 3 is 1.69 bits per heavy atom. The first-order valence-corrected chi connectivity index (χ1v) is 16.8. The van der Waals surface area contributed by atoms with E-state index in [0.717, 1.165) is 45.1 Å². The monoisotopic (exact) mass is 652 g/mol. The number of amides is 1. The summed E-state index contributed by atoms with van der Waals surface area (Å²) < 4.78 is 12.6. The Bertz CT molecular complexity index is 776. The molecule has 1 heterocycles. The molecule has 1 amide bonds. The van der Waals surface area contributed by atoms with Gasteiger partial charge >= 0.3 is 12.1 Å². The maximum Gasteiger partial charge on any atom is 0.407 e. The quantitative estimate of drug-likeness (QED) is 0.0521. The highest BCUT2D eigenvalue weighted by molar-refractivity contribution is 5.69. The van der Waals surface area contributed by atoms with Crippen molar-refractivity contribution >= 4 is 12.1 Å². The standard InChI is InChI=1S/C35H60N2O4.BrH/c1-3-4-5-6-7-8-9-10-11-12-13-14-15-16-18-22-27-36-35(39)41-32-33(2)31-40-34(38)26-21-17-19-23-28-37-29-24-20-25-30-37;/h20,24-25,29-30H,2-19,21-23,26-28,31-32H2,1H3;1H. The summed E-state index contributed by atoms with van der Waals surface area (Å²) >= 11 is 0. The van der Waals surface area contributed by atoms with Gasteiger partial charge in [0.25, 0.3) is 0 Å². The number of carbonyl (C=O) groups excluding carboxylic acids is 2. The van der Waals surface area contributed by atoms with E-state index in [4.69, 9.17) is 9.47 Å². The number of pyridine rings is 1. The first kappa shape index (κ1) is 40.1. The van der Waals surface area contributed by atoms with Crippen LogP contribution in [0.15, 0.2) is 42.7 Å². The number of ether oxygens (including phenoxy) is 2. The van der Waals surface area contributed by atoms with Crippen molar-refractivity contribution in [2.24, 2.45) is 0 Å². The van der Waals surface area contributed by atoms with Crippen LogP contribution in [0.3, 0.4) is 0 Å². The minimum atomic E-state index is -0.438. The number of hydrogen-bond acceptors (Lipinski definition) is 4. The number of unbranched alkanes of at least 4 members (excludes halogenated alkanes) is 18. The smallest absolute Gasteiger partial charge is 0.407 e. The molecule has 6 nitrogen and oxygen atoms in total. The topological polar surface area (TPSA) is 68.5 Å². The zero-order chi connectivity index (χ0) is 29.6. The molecule has 242 valence electrons. The number of rotatable bonds is 28. The third-order valence-corrected chi connectivity index (χ3v) is 7.47. The number of esters is 1. The molecule has 0 aliphatic rings. The molecule has 0 saturated heterocycles. The average molecular weight is 654 g/mol. The molecule has 0 atom stereocenters. The van der Waals surface area contributed by atoms with E-state index >= 15 is 0 Å². The molecule has 1 aromatic rings. The van der Waals surface area contributed by atoms with Crippen LogP contribution in [0.25, 0.3) is 0 Å². The van der Waals surface area contributed by atoms with Crippen LogP contribution < -0.4 is 26.9 Å². The summed E-state index contributed by atoms with van der Waals surface area (Å²) in [5, 5.41) is 2.80. The Hall–Kier alpha value is -1.89. The highest BCUT2D eigenvalue weighted by Gasteiger charge is 2.07. The summed E-state index contributed by atoms with van der Waals surface area (Å²) in [5.41, 5.74) is 0.579. The third-order valence-electron chi connectivity index (χ3n) is 7.47. The Kier molecular flexibility index (Phi) is 29.2. The molecule has 0 aliphatic heterocycles. The number of alkyl carbamates (subject to hydrolysis) is 1. The van der Waals surface area contributed by atoms with Gasteiger partial charge in [-0.15, -0.1) is 0 Å². The second-order valence-electron chi connectivity index (χ2n) is 11.5. The number of halogens is 1. The van der Waals surface area contributed by atoms with Crippen molar-refractivity contribution in [3.8, 4) is 0 Å². The van der Waals surface area contributed by atoms with Crippen molar-refractivity contribution in [3.05, 3.63) is 42.7 Å². The summed E-state index contributed by atoms with van der Waals surface area (Å²) in [5.74, 6) is -0.225. The maximum absolute atomic E-state index is 11.9. The van der Waals surface area contributed by atoms with E-state index in [1.807, 2.05) is 18.2 Å². The van der Waals surface area contributed by atoms with Gasteiger partial charge in [0.2, 0.25) is 0 Å². The lowest BCUT2D eigenvalue weighted by Gasteiger charge is -2.10. The van der Waals surface area contributed by atoms with E-state index in [1.165, 1.54) is 89.9 Å². The first-order valence-electron chi connectivity index (χ1n) is 16.8. The number of aryl methyl sites for hydroxylation is 1. The van der Waals surface area contributed by atoms with Crippen LogP contribution in [0, 0.1) is 0 Å². The summed E-state index contributed by atoms with van der Waals surface area (Å²) in [4.78, 5) is 23.8. The molecule has 0 fully saturated rings. The van der Waals surface area contributed by atoms with Gasteiger partial charge in [-0.05, 0) is 24.8 Å². The van der Waals surface area contributed by atoms with Crippen molar-refractivity contribution in [2.75, 3.05) is 19.8 Å². The third kappa shape index (κ3) is 27.0. The lowest BCUT2D eigenvalue weighted by Crippen LogP contribution is -3.00. The van der Waals surface area contributed by atoms with Crippen molar-refractivity contribution in [2.45, 2.75) is 148 Å². The minimum absolute atomic E-state index is 0. The van der Waals surface area contributed by atoms with E-state index in [2.05, 4.69) is 35.8 Å². The van der Waals surface area contributed by atoms with Gasteiger partial charge in [0.1, 0.15) is 19.8 Å². The Morgan fingerprint density at radius 2 is 1.12 bits per heavy atom. The fourth-order valence-electron chi connectivity index (χ4n) is 4.88. The van der Waals surface area contributed by atoms with Gasteiger partial charge in [0.15, 0.2) is 12.4 Å². The molecule has 7 heteroatoms. The predicted octanol–water partition coefficient (Wildman–Crippen LogP) is 6.02. The van der Waals surface area contributed by atoms with E-state index < -0.39 is 6.09 Å². The second kappa shape index (κ2) is 30.6.